The van der Waals surface area contributed by atoms with E-state index in [9.17, 15) is 4.79 Å². The summed E-state index contributed by atoms with van der Waals surface area (Å²) < 4.78 is 15.4. The fourth-order valence-corrected chi connectivity index (χ4v) is 1.17. The number of hydrogen-bond acceptors (Lipinski definition) is 4. The van der Waals surface area contributed by atoms with Crippen molar-refractivity contribution in [1.29, 1.82) is 0 Å². The summed E-state index contributed by atoms with van der Waals surface area (Å²) in [6.45, 7) is 6.00. The minimum absolute atomic E-state index is 0.309. The standard InChI is InChI=1S/C11H18O4/c1-2-11(12)15-7-4-3-6-13-9-10-5-8-14-10/h2,10H,1,3-9H2. The average Bonchev–Trinajstić information content (AvgIpc) is 2.19. The summed E-state index contributed by atoms with van der Waals surface area (Å²) in [5.74, 6) is -0.362. The maximum absolute atomic E-state index is 10.6. The summed E-state index contributed by atoms with van der Waals surface area (Å²) in [6, 6.07) is 0. The van der Waals surface area contributed by atoms with Gasteiger partial charge < -0.3 is 14.2 Å². The monoisotopic (exact) mass is 214 g/mol. The first-order valence-corrected chi connectivity index (χ1v) is 5.31. The van der Waals surface area contributed by atoms with Gasteiger partial charge in [-0.1, -0.05) is 6.58 Å². The molecule has 0 spiro atoms. The second-order valence-corrected chi connectivity index (χ2v) is 3.44. The molecule has 1 unspecified atom stereocenters. The van der Waals surface area contributed by atoms with E-state index in [0.717, 1.165) is 25.9 Å². The molecule has 1 atom stereocenters. The highest BCUT2D eigenvalue weighted by atomic mass is 16.5. The van der Waals surface area contributed by atoms with Crippen LogP contribution in [0.15, 0.2) is 12.7 Å². The third kappa shape index (κ3) is 5.54. The lowest BCUT2D eigenvalue weighted by Crippen LogP contribution is -2.31. The van der Waals surface area contributed by atoms with Crippen molar-refractivity contribution in [2.45, 2.75) is 25.4 Å². The quantitative estimate of drug-likeness (QED) is 0.347. The number of esters is 1. The fraction of sp³-hybridized carbons (Fsp3) is 0.727. The van der Waals surface area contributed by atoms with Crippen molar-refractivity contribution >= 4 is 5.97 Å². The molecule has 15 heavy (non-hydrogen) atoms. The van der Waals surface area contributed by atoms with Crippen LogP contribution in [0.25, 0.3) is 0 Å². The molecule has 0 radical (unpaired) electrons. The fourth-order valence-electron chi connectivity index (χ4n) is 1.17. The maximum atomic E-state index is 10.6. The van der Waals surface area contributed by atoms with Crippen molar-refractivity contribution < 1.29 is 19.0 Å². The Morgan fingerprint density at radius 2 is 2.20 bits per heavy atom. The van der Waals surface area contributed by atoms with Gasteiger partial charge in [-0.25, -0.2) is 4.79 Å². The highest BCUT2D eigenvalue weighted by Gasteiger charge is 2.17. The molecule has 0 N–H and O–H groups in total. The van der Waals surface area contributed by atoms with Gasteiger partial charge in [0.1, 0.15) is 0 Å². The van der Waals surface area contributed by atoms with Gasteiger partial charge in [-0.3, -0.25) is 0 Å². The molecule has 1 heterocycles. The first kappa shape index (κ1) is 12.2. The molecule has 0 aromatic carbocycles. The van der Waals surface area contributed by atoms with Gasteiger partial charge in [-0.2, -0.15) is 0 Å². The Morgan fingerprint density at radius 1 is 1.47 bits per heavy atom. The molecule has 0 saturated carbocycles. The van der Waals surface area contributed by atoms with E-state index in [1.165, 1.54) is 6.08 Å². The molecule has 0 aliphatic carbocycles. The lowest BCUT2D eigenvalue weighted by atomic mass is 10.2. The second kappa shape index (κ2) is 7.43. The summed E-state index contributed by atoms with van der Waals surface area (Å²) in [5.41, 5.74) is 0. The third-order valence-corrected chi connectivity index (χ3v) is 2.19. The molecule has 1 fully saturated rings. The molecule has 86 valence electrons. The van der Waals surface area contributed by atoms with Crippen molar-refractivity contribution in [2.75, 3.05) is 26.4 Å². The summed E-state index contributed by atoms with van der Waals surface area (Å²) >= 11 is 0. The molecule has 4 heteroatoms. The van der Waals surface area contributed by atoms with Crippen molar-refractivity contribution in [3.8, 4) is 0 Å². The SMILES string of the molecule is C=CC(=O)OCCCCOCC1CCO1. The zero-order chi connectivity index (χ0) is 10.9. The van der Waals surface area contributed by atoms with E-state index in [4.69, 9.17) is 14.2 Å². The molecule has 1 saturated heterocycles. The first-order chi connectivity index (χ1) is 7.33. The number of hydrogen-bond donors (Lipinski definition) is 0. The summed E-state index contributed by atoms with van der Waals surface area (Å²) in [7, 11) is 0. The van der Waals surface area contributed by atoms with E-state index in [0.29, 0.717) is 25.9 Å². The topological polar surface area (TPSA) is 44.8 Å². The summed E-state index contributed by atoms with van der Waals surface area (Å²) in [6.07, 6.45) is 4.31. The van der Waals surface area contributed by atoms with Crippen LogP contribution in [0.2, 0.25) is 0 Å². The zero-order valence-corrected chi connectivity index (χ0v) is 8.94. The largest absolute Gasteiger partial charge is 0.463 e. The lowest BCUT2D eigenvalue weighted by Gasteiger charge is -2.25. The number of carbonyl (C=O) groups excluding carboxylic acids is 1. The smallest absolute Gasteiger partial charge is 0.330 e. The van der Waals surface area contributed by atoms with Crippen molar-refractivity contribution in [3.63, 3.8) is 0 Å². The molecule has 0 aromatic rings. The highest BCUT2D eigenvalue weighted by Crippen LogP contribution is 2.10. The van der Waals surface area contributed by atoms with Crippen LogP contribution in [-0.2, 0) is 19.0 Å². The summed E-state index contributed by atoms with van der Waals surface area (Å²) in [5, 5.41) is 0. The van der Waals surface area contributed by atoms with Crippen LogP contribution in [0, 0.1) is 0 Å². The highest BCUT2D eigenvalue weighted by molar-refractivity contribution is 5.81. The molecule has 1 aliphatic rings. The predicted molar refractivity (Wildman–Crippen MR) is 55.6 cm³/mol. The van der Waals surface area contributed by atoms with Crippen LogP contribution >= 0.6 is 0 Å². The van der Waals surface area contributed by atoms with Crippen molar-refractivity contribution in [3.05, 3.63) is 12.7 Å². The minimum Gasteiger partial charge on any atom is -0.463 e. The van der Waals surface area contributed by atoms with Crippen LogP contribution in [0.4, 0.5) is 0 Å². The van der Waals surface area contributed by atoms with Crippen LogP contribution in [0.3, 0.4) is 0 Å². The molecule has 1 rings (SSSR count). The number of rotatable bonds is 8. The van der Waals surface area contributed by atoms with Crippen LogP contribution in [0.1, 0.15) is 19.3 Å². The maximum Gasteiger partial charge on any atom is 0.330 e. The van der Waals surface area contributed by atoms with E-state index < -0.39 is 0 Å². The van der Waals surface area contributed by atoms with Gasteiger partial charge in [0.25, 0.3) is 0 Å². The van der Waals surface area contributed by atoms with Crippen LogP contribution in [0.5, 0.6) is 0 Å². The number of unbranched alkanes of at least 4 members (excludes halogenated alkanes) is 1. The van der Waals surface area contributed by atoms with Gasteiger partial charge >= 0.3 is 5.97 Å². The molecule has 0 aromatic heterocycles. The van der Waals surface area contributed by atoms with Gasteiger partial charge in [-0.15, -0.1) is 0 Å². The first-order valence-electron chi connectivity index (χ1n) is 5.31. The molecular formula is C11H18O4. The van der Waals surface area contributed by atoms with Crippen molar-refractivity contribution in [1.82, 2.24) is 0 Å². The zero-order valence-electron chi connectivity index (χ0n) is 8.94. The lowest BCUT2D eigenvalue weighted by molar-refractivity contribution is -0.137. The molecular weight excluding hydrogens is 196 g/mol. The Labute approximate surface area is 90.2 Å². The van der Waals surface area contributed by atoms with Crippen molar-refractivity contribution in [2.24, 2.45) is 0 Å². The van der Waals surface area contributed by atoms with E-state index in [1.54, 1.807) is 0 Å². The minimum atomic E-state index is -0.362. The Morgan fingerprint density at radius 3 is 2.80 bits per heavy atom. The van der Waals surface area contributed by atoms with Gasteiger partial charge in [0, 0.05) is 19.3 Å². The Bertz CT molecular complexity index is 199. The van der Waals surface area contributed by atoms with Crippen LogP contribution < -0.4 is 0 Å². The average molecular weight is 214 g/mol. The van der Waals surface area contributed by atoms with E-state index >= 15 is 0 Å². The third-order valence-electron chi connectivity index (χ3n) is 2.19. The van der Waals surface area contributed by atoms with Gasteiger partial charge in [-0.05, 0) is 19.3 Å². The van der Waals surface area contributed by atoms with E-state index in [1.807, 2.05) is 0 Å². The number of carbonyl (C=O) groups is 1. The van der Waals surface area contributed by atoms with E-state index in [-0.39, 0.29) is 5.97 Å². The summed E-state index contributed by atoms with van der Waals surface area (Å²) in [4.78, 5) is 10.6. The van der Waals surface area contributed by atoms with Crippen LogP contribution in [-0.4, -0.2) is 38.5 Å². The second-order valence-electron chi connectivity index (χ2n) is 3.44. The van der Waals surface area contributed by atoms with Gasteiger partial charge in [0.05, 0.1) is 19.3 Å². The normalized spacial score (nSPS) is 19.3. The Balaban J connectivity index is 1.76. The van der Waals surface area contributed by atoms with Gasteiger partial charge in [0.2, 0.25) is 0 Å². The molecule has 1 aliphatic heterocycles. The predicted octanol–water partition coefficient (Wildman–Crippen LogP) is 1.30. The molecule has 0 amide bonds. The molecule has 0 bridgehead atoms. The van der Waals surface area contributed by atoms with Gasteiger partial charge in [0.15, 0.2) is 0 Å². The van der Waals surface area contributed by atoms with E-state index in [2.05, 4.69) is 6.58 Å². The Hall–Kier alpha value is -0.870. The number of ether oxygens (including phenoxy) is 3. The molecule has 4 nitrogen and oxygen atoms in total. The Kier molecular flexibility index (Phi) is 6.04.